The molecule has 5 heteroatoms. The molecule has 0 saturated heterocycles. The lowest BCUT2D eigenvalue weighted by Gasteiger charge is -2.19. The number of hydrogen-bond acceptors (Lipinski definition) is 4. The van der Waals surface area contributed by atoms with E-state index in [-0.39, 0.29) is 11.3 Å². The number of nitro benzene ring substituents is 1. The average molecular weight is 267 g/mol. The Morgan fingerprint density at radius 2 is 1.90 bits per heavy atom. The third-order valence-electron chi connectivity index (χ3n) is 3.07. The second-order valence-electron chi connectivity index (χ2n) is 4.47. The van der Waals surface area contributed by atoms with E-state index in [0.717, 1.165) is 11.3 Å². The minimum absolute atomic E-state index is 0.0661. The predicted molar refractivity (Wildman–Crippen MR) is 77.1 cm³/mol. The van der Waals surface area contributed by atoms with Gasteiger partial charge in [0.25, 0.3) is 5.69 Å². The molecule has 0 unspecified atom stereocenters. The molecule has 100 valence electrons. The number of anilines is 2. The fourth-order valence-corrected chi connectivity index (χ4v) is 1.96. The van der Waals surface area contributed by atoms with Crippen LogP contribution in [0.3, 0.4) is 0 Å². The molecule has 0 atom stereocenters. The van der Waals surface area contributed by atoms with Gasteiger partial charge in [-0.2, -0.15) is 5.26 Å². The first-order valence-corrected chi connectivity index (χ1v) is 6.02. The van der Waals surface area contributed by atoms with E-state index >= 15 is 0 Å². The van der Waals surface area contributed by atoms with Crippen molar-refractivity contribution in [3.63, 3.8) is 0 Å². The Hall–Kier alpha value is -2.87. The van der Waals surface area contributed by atoms with Crippen molar-refractivity contribution in [2.24, 2.45) is 0 Å². The van der Waals surface area contributed by atoms with Crippen LogP contribution in [0.5, 0.6) is 0 Å². The quantitative estimate of drug-likeness (QED) is 0.630. The van der Waals surface area contributed by atoms with Gasteiger partial charge in [0, 0.05) is 24.5 Å². The van der Waals surface area contributed by atoms with Gasteiger partial charge in [-0.25, -0.2) is 0 Å². The summed E-state index contributed by atoms with van der Waals surface area (Å²) in [6, 6.07) is 14.3. The third kappa shape index (κ3) is 2.59. The Morgan fingerprint density at radius 3 is 2.50 bits per heavy atom. The molecule has 0 aliphatic carbocycles. The van der Waals surface area contributed by atoms with Crippen LogP contribution in [0.2, 0.25) is 0 Å². The average Bonchev–Trinajstić information content (AvgIpc) is 2.45. The molecule has 2 aromatic carbocycles. The van der Waals surface area contributed by atoms with Gasteiger partial charge in [-0.05, 0) is 36.8 Å². The zero-order chi connectivity index (χ0) is 14.7. The molecule has 0 aromatic heterocycles. The Morgan fingerprint density at radius 1 is 1.20 bits per heavy atom. The molecule has 0 spiro atoms. The summed E-state index contributed by atoms with van der Waals surface area (Å²) in [4.78, 5) is 12.3. The van der Waals surface area contributed by atoms with E-state index in [9.17, 15) is 10.1 Å². The fraction of sp³-hybridized carbons (Fsp3) is 0.133. The van der Waals surface area contributed by atoms with Crippen LogP contribution in [0.25, 0.3) is 0 Å². The monoisotopic (exact) mass is 267 g/mol. The van der Waals surface area contributed by atoms with Crippen LogP contribution >= 0.6 is 0 Å². The second kappa shape index (κ2) is 5.41. The Labute approximate surface area is 116 Å². The van der Waals surface area contributed by atoms with Crippen molar-refractivity contribution in [3.05, 3.63) is 63.7 Å². The van der Waals surface area contributed by atoms with E-state index in [1.807, 2.05) is 49.2 Å². The van der Waals surface area contributed by atoms with Crippen molar-refractivity contribution in [1.82, 2.24) is 0 Å². The second-order valence-corrected chi connectivity index (χ2v) is 4.47. The van der Waals surface area contributed by atoms with E-state index in [4.69, 9.17) is 5.26 Å². The van der Waals surface area contributed by atoms with Crippen molar-refractivity contribution >= 4 is 17.1 Å². The zero-order valence-electron chi connectivity index (χ0n) is 11.2. The zero-order valence-corrected chi connectivity index (χ0v) is 11.2. The number of nitrogens with zero attached hydrogens (tertiary/aromatic N) is 3. The third-order valence-corrected chi connectivity index (χ3v) is 3.07. The number of aryl methyl sites for hydroxylation is 1. The standard InChI is InChI=1S/C15H13N3O2/c1-11-4-3-5-13(8-11)17(2)14-7-6-12(10-16)15(9-14)18(19)20/h3-9H,1-2H3. The van der Waals surface area contributed by atoms with Crippen LogP contribution in [-0.4, -0.2) is 12.0 Å². The van der Waals surface area contributed by atoms with Crippen LogP contribution < -0.4 is 4.90 Å². The van der Waals surface area contributed by atoms with Gasteiger partial charge in [-0.3, -0.25) is 10.1 Å². The maximum absolute atomic E-state index is 11.0. The molecule has 0 aliphatic heterocycles. The highest BCUT2D eigenvalue weighted by atomic mass is 16.6. The van der Waals surface area contributed by atoms with E-state index in [1.54, 1.807) is 6.07 Å². The Bertz CT molecular complexity index is 705. The predicted octanol–water partition coefficient (Wildman–Crippen LogP) is 3.54. The van der Waals surface area contributed by atoms with Crippen molar-refractivity contribution in [3.8, 4) is 6.07 Å². The molecule has 0 N–H and O–H groups in total. The summed E-state index contributed by atoms with van der Waals surface area (Å²) in [5, 5.41) is 19.9. The van der Waals surface area contributed by atoms with Gasteiger partial charge < -0.3 is 4.90 Å². The van der Waals surface area contributed by atoms with Gasteiger partial charge in [0.05, 0.1) is 4.92 Å². The summed E-state index contributed by atoms with van der Waals surface area (Å²) < 4.78 is 0. The topological polar surface area (TPSA) is 70.2 Å². The summed E-state index contributed by atoms with van der Waals surface area (Å²) in [5.41, 5.74) is 2.60. The summed E-state index contributed by atoms with van der Waals surface area (Å²) in [7, 11) is 1.83. The van der Waals surface area contributed by atoms with Crippen molar-refractivity contribution in [1.29, 1.82) is 5.26 Å². The number of nitro groups is 1. The summed E-state index contributed by atoms with van der Waals surface area (Å²) in [5.74, 6) is 0. The van der Waals surface area contributed by atoms with Gasteiger partial charge in [-0.15, -0.1) is 0 Å². The molecule has 0 saturated carbocycles. The van der Waals surface area contributed by atoms with Crippen LogP contribution in [0.15, 0.2) is 42.5 Å². The highest BCUT2D eigenvalue weighted by Gasteiger charge is 2.16. The Kier molecular flexibility index (Phi) is 3.67. The molecule has 0 aliphatic rings. The van der Waals surface area contributed by atoms with Crippen LogP contribution in [0.4, 0.5) is 17.1 Å². The van der Waals surface area contributed by atoms with Crippen LogP contribution in [0, 0.1) is 28.4 Å². The molecule has 2 aromatic rings. The van der Waals surface area contributed by atoms with Gasteiger partial charge in [0.2, 0.25) is 0 Å². The number of rotatable bonds is 3. The molecule has 0 radical (unpaired) electrons. The summed E-state index contributed by atoms with van der Waals surface area (Å²) in [6.07, 6.45) is 0. The molecule has 0 bridgehead atoms. The van der Waals surface area contributed by atoms with Crippen molar-refractivity contribution in [2.75, 3.05) is 11.9 Å². The number of benzene rings is 2. The maximum Gasteiger partial charge on any atom is 0.289 e. The SMILES string of the molecule is Cc1cccc(N(C)c2ccc(C#N)c([N+](=O)[O-])c2)c1. The lowest BCUT2D eigenvalue weighted by molar-refractivity contribution is -0.385. The molecule has 0 fully saturated rings. The minimum atomic E-state index is -0.536. The largest absolute Gasteiger partial charge is 0.344 e. The maximum atomic E-state index is 11.0. The van der Waals surface area contributed by atoms with E-state index in [2.05, 4.69) is 0 Å². The minimum Gasteiger partial charge on any atom is -0.344 e. The first-order valence-electron chi connectivity index (χ1n) is 6.02. The van der Waals surface area contributed by atoms with Crippen molar-refractivity contribution < 1.29 is 4.92 Å². The van der Waals surface area contributed by atoms with Crippen molar-refractivity contribution in [2.45, 2.75) is 6.92 Å². The molecular weight excluding hydrogens is 254 g/mol. The van der Waals surface area contributed by atoms with Crippen LogP contribution in [0.1, 0.15) is 11.1 Å². The first kappa shape index (κ1) is 13.6. The van der Waals surface area contributed by atoms with Gasteiger partial charge in [0.15, 0.2) is 0 Å². The highest BCUT2D eigenvalue weighted by molar-refractivity contribution is 5.67. The molecule has 5 nitrogen and oxygen atoms in total. The smallest absolute Gasteiger partial charge is 0.289 e. The van der Waals surface area contributed by atoms with E-state index in [0.29, 0.717) is 5.69 Å². The number of nitriles is 1. The Balaban J connectivity index is 2.46. The van der Waals surface area contributed by atoms with Gasteiger partial charge >= 0.3 is 0 Å². The van der Waals surface area contributed by atoms with Crippen LogP contribution in [-0.2, 0) is 0 Å². The lowest BCUT2D eigenvalue weighted by Crippen LogP contribution is -2.10. The molecule has 2 rings (SSSR count). The van der Waals surface area contributed by atoms with E-state index < -0.39 is 4.92 Å². The van der Waals surface area contributed by atoms with Gasteiger partial charge in [-0.1, -0.05) is 12.1 Å². The summed E-state index contributed by atoms with van der Waals surface area (Å²) >= 11 is 0. The first-order chi connectivity index (χ1) is 9.52. The highest BCUT2D eigenvalue weighted by Crippen LogP contribution is 2.29. The molecule has 20 heavy (non-hydrogen) atoms. The number of hydrogen-bond donors (Lipinski definition) is 0. The molecular formula is C15H13N3O2. The van der Waals surface area contributed by atoms with E-state index in [1.165, 1.54) is 12.1 Å². The van der Waals surface area contributed by atoms with Gasteiger partial charge in [0.1, 0.15) is 11.6 Å². The summed E-state index contributed by atoms with van der Waals surface area (Å²) in [6.45, 7) is 1.98. The fourth-order valence-electron chi connectivity index (χ4n) is 1.96. The normalized spacial score (nSPS) is 9.85. The lowest BCUT2D eigenvalue weighted by atomic mass is 10.1. The molecule has 0 heterocycles. The molecule has 0 amide bonds.